The molecule has 6 atom stereocenters. The van der Waals surface area contributed by atoms with Gasteiger partial charge in [-0.2, -0.15) is 0 Å². The van der Waals surface area contributed by atoms with E-state index in [4.69, 9.17) is 0 Å². The topological polar surface area (TPSA) is 67.4 Å². The first kappa shape index (κ1) is 62.0. The highest BCUT2D eigenvalue weighted by Crippen LogP contribution is 2.38. The minimum Gasteiger partial charge on any atom is -0.295 e. The molecule has 0 radical (unpaired) electrons. The van der Waals surface area contributed by atoms with Crippen LogP contribution in [0.25, 0.3) is 0 Å². The van der Waals surface area contributed by atoms with E-state index < -0.39 is 20.6 Å². The van der Waals surface area contributed by atoms with Gasteiger partial charge in [-0.05, 0) is 130 Å². The number of thioether (sulfide) groups is 1. The van der Waals surface area contributed by atoms with Crippen LogP contribution in [-0.2, 0) is 20.6 Å². The molecule has 0 aromatic heterocycles. The van der Waals surface area contributed by atoms with Gasteiger partial charge in [-0.15, -0.1) is 11.8 Å². The normalized spacial score (nSPS) is 28.1. The largest absolute Gasteiger partial charge is 0.295 e. The number of hydrogen-bond acceptors (Lipinski definition) is 9. The Morgan fingerprint density at radius 1 is 0.625 bits per heavy atom. The van der Waals surface area contributed by atoms with Crippen molar-refractivity contribution < 1.29 is 12.6 Å². The molecule has 5 rings (SSSR count). The quantitative estimate of drug-likeness (QED) is 0.251. The fourth-order valence-corrected chi connectivity index (χ4v) is 15.8. The lowest BCUT2D eigenvalue weighted by Crippen LogP contribution is -2.49. The van der Waals surface area contributed by atoms with Gasteiger partial charge in [0.05, 0.1) is 11.6 Å². The second-order valence-corrected chi connectivity index (χ2v) is 31.2. The zero-order chi connectivity index (χ0) is 50.3. The van der Waals surface area contributed by atoms with E-state index in [1.807, 2.05) is 0 Å². The molecule has 0 bridgehead atoms. The number of likely N-dealkylation sites (tertiary alicyclic amines) is 2. The van der Waals surface area contributed by atoms with Crippen molar-refractivity contribution in [2.75, 3.05) is 48.0 Å². The molecule has 0 amide bonds. The number of sulfone groups is 1. The number of rotatable bonds is 5. The van der Waals surface area contributed by atoms with E-state index in [-0.39, 0.29) is 22.7 Å². The van der Waals surface area contributed by atoms with E-state index in [0.29, 0.717) is 52.3 Å². The molecule has 382 valence electrons. The summed E-state index contributed by atoms with van der Waals surface area (Å²) in [6.45, 7) is 62.8. The van der Waals surface area contributed by atoms with Crippen LogP contribution in [0.5, 0.6) is 0 Å². The molecule has 5 aliphatic heterocycles. The Hall–Kier alpha value is -0.0100. The molecule has 0 aliphatic carbocycles. The molecule has 5 fully saturated rings. The number of hydrogen-bond donors (Lipinski definition) is 0. The Labute approximate surface area is 407 Å². The van der Waals surface area contributed by atoms with Crippen LogP contribution >= 0.6 is 11.8 Å². The van der Waals surface area contributed by atoms with Gasteiger partial charge in [0.1, 0.15) is 5.88 Å². The van der Waals surface area contributed by atoms with Crippen LogP contribution in [-0.4, -0.2) is 145 Å². The third kappa shape index (κ3) is 19.8. The maximum absolute atomic E-state index is 11.6. The Bertz CT molecular complexity index is 1450. The highest BCUT2D eigenvalue weighted by Gasteiger charge is 2.43. The van der Waals surface area contributed by atoms with Crippen LogP contribution in [0.3, 0.4) is 0 Å². The molecule has 64 heavy (non-hydrogen) atoms. The van der Waals surface area contributed by atoms with E-state index in [9.17, 15) is 12.6 Å². The van der Waals surface area contributed by atoms with Crippen LogP contribution in [0.1, 0.15) is 192 Å². The lowest BCUT2D eigenvalue weighted by Gasteiger charge is -2.43. The van der Waals surface area contributed by atoms with Crippen LogP contribution in [0.2, 0.25) is 0 Å². The van der Waals surface area contributed by atoms with Crippen molar-refractivity contribution in [1.29, 1.82) is 0 Å². The second kappa shape index (κ2) is 24.7. The van der Waals surface area contributed by atoms with Gasteiger partial charge in [-0.1, -0.05) is 109 Å². The van der Waals surface area contributed by atoms with Gasteiger partial charge in [-0.25, -0.2) is 8.42 Å². The van der Waals surface area contributed by atoms with Crippen LogP contribution in [0.15, 0.2) is 12.2 Å². The molecule has 11 heteroatoms. The SMILES string of the molecule is C=C1CC(C(C)(C)C)N(C(C)C)C1.CC(C)(C)C1CCCN1C(C)(C)C.CC(C)C1CSCN1C(C)C.CC(C)N1CS(=O)(=O)CC1C(C)(C)C.CC(C)N1CS(=O)CC1C(C)(C)C. The lowest BCUT2D eigenvalue weighted by atomic mass is 9.83. The maximum atomic E-state index is 11.6. The predicted octanol–water partition coefficient (Wildman–Crippen LogP) is 12.1. The van der Waals surface area contributed by atoms with E-state index in [1.54, 1.807) is 0 Å². The van der Waals surface area contributed by atoms with Crippen LogP contribution in [0, 0.1) is 27.6 Å². The molecule has 0 saturated carbocycles. The zero-order valence-electron chi connectivity index (χ0n) is 46.9. The predicted molar refractivity (Wildman–Crippen MR) is 288 cm³/mol. The van der Waals surface area contributed by atoms with Crippen molar-refractivity contribution in [3.63, 3.8) is 0 Å². The Morgan fingerprint density at radius 3 is 1.39 bits per heavy atom. The van der Waals surface area contributed by atoms with E-state index in [2.05, 4.69) is 216 Å². The zero-order valence-corrected chi connectivity index (χ0v) is 49.4. The van der Waals surface area contributed by atoms with Crippen molar-refractivity contribution in [3.05, 3.63) is 12.2 Å². The van der Waals surface area contributed by atoms with Crippen molar-refractivity contribution >= 4 is 32.4 Å². The summed E-state index contributed by atoms with van der Waals surface area (Å²) in [5.74, 6) is 5.53. The van der Waals surface area contributed by atoms with E-state index in [0.717, 1.165) is 42.2 Å². The van der Waals surface area contributed by atoms with Crippen LogP contribution < -0.4 is 0 Å². The maximum Gasteiger partial charge on any atom is 0.165 e. The summed E-state index contributed by atoms with van der Waals surface area (Å²) in [5, 5.41) is 0. The summed E-state index contributed by atoms with van der Waals surface area (Å²) in [7, 11) is -3.47. The summed E-state index contributed by atoms with van der Waals surface area (Å²) >= 11 is 2.07. The standard InChI is InChI=1S/C12H23N.C12H25N.C10H21NO2S.C10H21NOS.C9H19NS/c1-9(2)13-8-10(3)7-11(13)12(4,5)6;1-11(2,3)10-8-7-9-13(10)12(4,5)6;1-8(2)11-7-14(12,13)6-9(11)10(3,4)5;1-8(2)11-7-13(12)6-9(11)10(3,4)5;1-7(2)9-5-11-6-10(9)8(3)4/h9,11H,3,7-8H2,1-2,4-6H3;10H,7-9H2,1-6H3;8-9H,6-7H2,1-5H3;8-9H,6-7H2,1-5H3;7-9H,5-6H2,1-4H3. The van der Waals surface area contributed by atoms with Gasteiger partial charge in [0, 0.05) is 94.6 Å². The minimum absolute atomic E-state index is 0.0356. The molecule has 6 unspecified atom stereocenters. The first-order valence-corrected chi connectivity index (χ1v) is 29.7. The fraction of sp³-hybridized carbons (Fsp3) is 0.962. The second-order valence-electron chi connectivity index (χ2n) is 26.7. The number of nitrogens with zero attached hydrogens (tertiary/aromatic N) is 5. The highest BCUT2D eigenvalue weighted by molar-refractivity contribution is 7.99. The first-order valence-electron chi connectivity index (χ1n) is 25.2. The molecule has 5 saturated heterocycles. The Morgan fingerprint density at radius 2 is 1.08 bits per heavy atom. The van der Waals surface area contributed by atoms with E-state index in [1.165, 1.54) is 43.0 Å². The van der Waals surface area contributed by atoms with Gasteiger partial charge in [0.25, 0.3) is 0 Å². The van der Waals surface area contributed by atoms with Crippen molar-refractivity contribution in [3.8, 4) is 0 Å². The molecule has 5 heterocycles. The third-order valence-corrected chi connectivity index (χ3v) is 17.8. The third-order valence-electron chi connectivity index (χ3n) is 14.0. The summed E-state index contributed by atoms with van der Waals surface area (Å²) in [5.41, 5.74) is 2.83. The average molecular weight is 961 g/mol. The lowest BCUT2D eigenvalue weighted by molar-refractivity contribution is 0.0582. The van der Waals surface area contributed by atoms with Gasteiger partial charge < -0.3 is 0 Å². The first-order chi connectivity index (χ1) is 28.6. The Balaban J connectivity index is 0.000000401. The average Bonchev–Trinajstić information content (AvgIpc) is 3.93. The van der Waals surface area contributed by atoms with Gasteiger partial charge in [-0.3, -0.25) is 28.7 Å². The molecular weight excluding hydrogens is 851 g/mol. The van der Waals surface area contributed by atoms with Crippen molar-refractivity contribution in [1.82, 2.24) is 24.5 Å². The van der Waals surface area contributed by atoms with Crippen molar-refractivity contribution in [2.24, 2.45) is 27.6 Å². The van der Waals surface area contributed by atoms with E-state index >= 15 is 0 Å². The molecule has 8 nitrogen and oxygen atoms in total. The summed E-state index contributed by atoms with van der Waals surface area (Å²) in [6, 6.07) is 5.08. The molecular formula is C53H109N5O3S3. The molecule has 0 aromatic carbocycles. The van der Waals surface area contributed by atoms with Gasteiger partial charge in [0.15, 0.2) is 9.84 Å². The minimum atomic E-state index is -2.85. The smallest absolute Gasteiger partial charge is 0.165 e. The van der Waals surface area contributed by atoms with Crippen LogP contribution in [0.4, 0.5) is 0 Å². The fourth-order valence-electron chi connectivity index (χ4n) is 10.0. The molecule has 5 aliphatic rings. The summed E-state index contributed by atoms with van der Waals surface area (Å²) < 4.78 is 34.6. The summed E-state index contributed by atoms with van der Waals surface area (Å²) in [4.78, 5) is 12.3. The monoisotopic (exact) mass is 960 g/mol. The van der Waals surface area contributed by atoms with Crippen molar-refractivity contribution in [2.45, 2.75) is 252 Å². The van der Waals surface area contributed by atoms with Gasteiger partial charge >= 0.3 is 0 Å². The Kier molecular flexibility index (Phi) is 23.9. The summed E-state index contributed by atoms with van der Waals surface area (Å²) in [6.07, 6.45) is 3.93. The molecule has 0 spiro atoms. The molecule has 0 N–H and O–H groups in total. The molecule has 0 aromatic rings. The highest BCUT2D eigenvalue weighted by atomic mass is 32.2. The van der Waals surface area contributed by atoms with Gasteiger partial charge in [0.2, 0.25) is 0 Å².